The maximum absolute atomic E-state index is 13.0. The fourth-order valence-electron chi connectivity index (χ4n) is 3.97. The normalized spacial score (nSPS) is 32.5. The van der Waals surface area contributed by atoms with Crippen LogP contribution in [0.2, 0.25) is 0 Å². The van der Waals surface area contributed by atoms with Crippen LogP contribution in [-0.2, 0) is 9.59 Å². The van der Waals surface area contributed by atoms with Gasteiger partial charge in [0.25, 0.3) is 0 Å². The van der Waals surface area contributed by atoms with Crippen molar-refractivity contribution in [2.24, 2.45) is 17.8 Å². The number of likely N-dealkylation sites (tertiary alicyclic amines) is 1. The van der Waals surface area contributed by atoms with Gasteiger partial charge in [0.2, 0.25) is 11.8 Å². The summed E-state index contributed by atoms with van der Waals surface area (Å²) in [7, 11) is 0. The topological polar surface area (TPSA) is 52.7 Å². The first kappa shape index (κ1) is 17.1. The summed E-state index contributed by atoms with van der Waals surface area (Å²) in [5, 5.41) is 3.47. The molecule has 3 rings (SSSR count). The van der Waals surface area contributed by atoms with E-state index in [-0.39, 0.29) is 23.8 Å². The second kappa shape index (κ2) is 7.43. The quantitative estimate of drug-likeness (QED) is 0.844. The molecule has 0 aromatic carbocycles. The predicted octanol–water partition coefficient (Wildman–Crippen LogP) is 1.39. The molecule has 3 saturated heterocycles. The average Bonchev–Trinajstić information content (AvgIpc) is 3.18. The third-order valence-electron chi connectivity index (χ3n) is 5.82. The first-order valence-corrected chi connectivity index (χ1v) is 10.1. The van der Waals surface area contributed by atoms with E-state index < -0.39 is 0 Å². The van der Waals surface area contributed by atoms with Crippen molar-refractivity contribution in [2.75, 3.05) is 37.8 Å². The summed E-state index contributed by atoms with van der Waals surface area (Å²) in [4.78, 5) is 29.4. The predicted molar refractivity (Wildman–Crippen MR) is 93.1 cm³/mol. The average molecular weight is 340 g/mol. The molecule has 4 atom stereocenters. The molecular formula is C17H29N3O2S. The Kier molecular flexibility index (Phi) is 5.52. The maximum atomic E-state index is 13.0. The molecule has 2 unspecified atom stereocenters. The number of nitrogens with zero attached hydrogens (tertiary/aromatic N) is 2. The van der Waals surface area contributed by atoms with Crippen molar-refractivity contribution >= 4 is 23.6 Å². The van der Waals surface area contributed by atoms with Crippen LogP contribution in [0.4, 0.5) is 0 Å². The molecule has 5 nitrogen and oxygen atoms in total. The highest BCUT2D eigenvalue weighted by molar-refractivity contribution is 7.99. The molecule has 0 radical (unpaired) electrons. The molecule has 0 aromatic heterocycles. The molecule has 3 heterocycles. The van der Waals surface area contributed by atoms with Gasteiger partial charge in [0, 0.05) is 24.8 Å². The first-order valence-electron chi connectivity index (χ1n) is 8.99. The van der Waals surface area contributed by atoms with Crippen LogP contribution in [0, 0.1) is 17.8 Å². The Bertz CT molecular complexity index is 445. The van der Waals surface area contributed by atoms with Crippen molar-refractivity contribution in [2.45, 2.75) is 39.2 Å². The van der Waals surface area contributed by atoms with Gasteiger partial charge in [-0.15, -0.1) is 11.8 Å². The largest absolute Gasteiger partial charge is 0.341 e. The minimum absolute atomic E-state index is 0.0126. The zero-order valence-electron chi connectivity index (χ0n) is 14.3. The van der Waals surface area contributed by atoms with Gasteiger partial charge in [-0.3, -0.25) is 9.59 Å². The third kappa shape index (κ3) is 3.53. The van der Waals surface area contributed by atoms with Gasteiger partial charge in [-0.2, -0.15) is 0 Å². The monoisotopic (exact) mass is 339 g/mol. The lowest BCUT2D eigenvalue weighted by Crippen LogP contribution is -2.50. The molecular weight excluding hydrogens is 310 g/mol. The number of carbonyl (C=O) groups excluding carboxylic acids is 2. The van der Waals surface area contributed by atoms with Gasteiger partial charge in [0.15, 0.2) is 0 Å². The maximum Gasteiger partial charge on any atom is 0.246 e. The SMILES string of the molecule is CCC(C)C(=O)N1CSCC1C(=O)N1CC[C@@H]2CNC[C@@H]2CC1. The number of fused-ring (bicyclic) bond motifs is 1. The van der Waals surface area contributed by atoms with Gasteiger partial charge in [0.05, 0.1) is 5.88 Å². The Labute approximate surface area is 143 Å². The van der Waals surface area contributed by atoms with E-state index in [1.807, 2.05) is 23.6 Å². The molecule has 3 aliphatic rings. The van der Waals surface area contributed by atoms with Gasteiger partial charge >= 0.3 is 0 Å². The molecule has 0 bridgehead atoms. The van der Waals surface area contributed by atoms with Crippen LogP contribution in [0.1, 0.15) is 33.1 Å². The number of thioether (sulfide) groups is 1. The van der Waals surface area contributed by atoms with Gasteiger partial charge in [0.1, 0.15) is 6.04 Å². The molecule has 0 aliphatic carbocycles. The van der Waals surface area contributed by atoms with Crippen molar-refractivity contribution in [1.29, 1.82) is 0 Å². The van der Waals surface area contributed by atoms with Crippen LogP contribution in [0.5, 0.6) is 0 Å². The molecule has 3 fully saturated rings. The van der Waals surface area contributed by atoms with Gasteiger partial charge < -0.3 is 15.1 Å². The molecule has 6 heteroatoms. The Morgan fingerprint density at radius 3 is 2.48 bits per heavy atom. The second-order valence-corrected chi connectivity index (χ2v) is 8.21. The lowest BCUT2D eigenvalue weighted by Gasteiger charge is -2.30. The lowest BCUT2D eigenvalue weighted by molar-refractivity contribution is -0.145. The van der Waals surface area contributed by atoms with E-state index in [0.717, 1.165) is 63.0 Å². The molecule has 23 heavy (non-hydrogen) atoms. The summed E-state index contributed by atoms with van der Waals surface area (Å²) < 4.78 is 0. The number of hydrogen-bond donors (Lipinski definition) is 1. The van der Waals surface area contributed by atoms with E-state index in [1.165, 1.54) is 0 Å². The van der Waals surface area contributed by atoms with Gasteiger partial charge in [-0.1, -0.05) is 13.8 Å². The Hall–Kier alpha value is -0.750. The number of carbonyl (C=O) groups is 2. The highest BCUT2D eigenvalue weighted by Crippen LogP contribution is 2.29. The van der Waals surface area contributed by atoms with E-state index in [0.29, 0.717) is 5.88 Å². The molecule has 3 aliphatic heterocycles. The minimum Gasteiger partial charge on any atom is -0.341 e. The summed E-state index contributed by atoms with van der Waals surface area (Å²) in [6, 6.07) is -0.238. The van der Waals surface area contributed by atoms with E-state index in [9.17, 15) is 9.59 Å². The smallest absolute Gasteiger partial charge is 0.246 e. The summed E-state index contributed by atoms with van der Waals surface area (Å²) in [6.45, 7) is 7.91. The summed E-state index contributed by atoms with van der Waals surface area (Å²) in [5.41, 5.74) is 0. The van der Waals surface area contributed by atoms with Crippen LogP contribution in [0.3, 0.4) is 0 Å². The molecule has 0 spiro atoms. The number of hydrogen-bond acceptors (Lipinski definition) is 4. The zero-order chi connectivity index (χ0) is 16.4. The first-order chi connectivity index (χ1) is 11.1. The highest BCUT2D eigenvalue weighted by atomic mass is 32.2. The zero-order valence-corrected chi connectivity index (χ0v) is 15.1. The molecule has 130 valence electrons. The summed E-state index contributed by atoms with van der Waals surface area (Å²) >= 11 is 1.71. The highest BCUT2D eigenvalue weighted by Gasteiger charge is 2.39. The van der Waals surface area contributed by atoms with Gasteiger partial charge in [-0.05, 0) is 44.2 Å². The summed E-state index contributed by atoms with van der Waals surface area (Å²) in [6.07, 6.45) is 3.03. The number of amides is 2. The number of rotatable bonds is 3. The molecule has 1 N–H and O–H groups in total. The Balaban J connectivity index is 1.63. The van der Waals surface area contributed by atoms with E-state index in [1.54, 1.807) is 11.8 Å². The third-order valence-corrected chi connectivity index (χ3v) is 6.83. The molecule has 0 aromatic rings. The Morgan fingerprint density at radius 2 is 1.87 bits per heavy atom. The number of nitrogens with one attached hydrogen (secondary N) is 1. The fraction of sp³-hybridized carbons (Fsp3) is 0.882. The van der Waals surface area contributed by atoms with Crippen LogP contribution < -0.4 is 5.32 Å². The standard InChI is InChI=1S/C17H29N3O2S/c1-3-12(2)16(21)20-11-23-10-15(20)17(22)19-6-4-13-8-18-9-14(13)5-7-19/h12-15,18H,3-11H2,1-2H3/t12?,13-,14+,15?. The fourth-order valence-corrected chi connectivity index (χ4v) is 5.13. The van der Waals surface area contributed by atoms with Crippen LogP contribution >= 0.6 is 11.8 Å². The second-order valence-electron chi connectivity index (χ2n) is 7.21. The van der Waals surface area contributed by atoms with Crippen molar-refractivity contribution in [3.63, 3.8) is 0 Å². The Morgan fingerprint density at radius 1 is 1.22 bits per heavy atom. The lowest BCUT2D eigenvalue weighted by atomic mass is 9.92. The van der Waals surface area contributed by atoms with Gasteiger partial charge in [-0.25, -0.2) is 0 Å². The van der Waals surface area contributed by atoms with Crippen LogP contribution in [0.25, 0.3) is 0 Å². The van der Waals surface area contributed by atoms with Crippen molar-refractivity contribution in [3.05, 3.63) is 0 Å². The van der Waals surface area contributed by atoms with Crippen molar-refractivity contribution < 1.29 is 9.59 Å². The minimum atomic E-state index is -0.238. The molecule has 0 saturated carbocycles. The van der Waals surface area contributed by atoms with Crippen molar-refractivity contribution in [1.82, 2.24) is 15.1 Å². The van der Waals surface area contributed by atoms with E-state index in [4.69, 9.17) is 0 Å². The van der Waals surface area contributed by atoms with E-state index in [2.05, 4.69) is 5.32 Å². The van der Waals surface area contributed by atoms with Crippen LogP contribution in [0.15, 0.2) is 0 Å². The summed E-state index contributed by atoms with van der Waals surface area (Å²) in [5.74, 6) is 3.21. The molecule has 2 amide bonds. The van der Waals surface area contributed by atoms with E-state index >= 15 is 0 Å². The van der Waals surface area contributed by atoms with Crippen molar-refractivity contribution in [3.8, 4) is 0 Å². The van der Waals surface area contributed by atoms with Crippen LogP contribution in [-0.4, -0.2) is 65.5 Å².